The van der Waals surface area contributed by atoms with Gasteiger partial charge in [0.1, 0.15) is 11.4 Å². The first-order chi connectivity index (χ1) is 14.1. The molecule has 0 amide bonds. The first-order valence-corrected chi connectivity index (χ1v) is 15.9. The average molecular weight is 593 g/mol. The zero-order chi connectivity index (χ0) is 23.8. The summed E-state index contributed by atoms with van der Waals surface area (Å²) in [7, 11) is -10.3. The van der Waals surface area contributed by atoms with Crippen LogP contribution in [0.2, 0.25) is 26.2 Å². The molecule has 0 fully saturated rings. The maximum atomic E-state index is 10.7. The fourth-order valence-electron chi connectivity index (χ4n) is 1.99. The summed E-state index contributed by atoms with van der Waals surface area (Å²) in [6, 6.07) is 11.4. The number of hydrogen-bond donors (Lipinski definition) is 0. The molecule has 13 heteroatoms. The molecule has 0 unspecified atom stereocenters. The predicted octanol–water partition coefficient (Wildman–Crippen LogP) is 3.43. The van der Waals surface area contributed by atoms with Crippen molar-refractivity contribution in [2.75, 3.05) is 0 Å². The van der Waals surface area contributed by atoms with Crippen molar-refractivity contribution >= 4 is 26.8 Å². The summed E-state index contributed by atoms with van der Waals surface area (Å²) in [4.78, 5) is 8.44. The second-order valence-corrected chi connectivity index (χ2v) is 15.7. The third kappa shape index (κ3) is 12.3. The van der Waals surface area contributed by atoms with Gasteiger partial charge in [-0.3, -0.25) is 0 Å². The Morgan fingerprint density at radius 3 is 1.47 bits per heavy atom. The number of halogens is 3. The maximum absolute atomic E-state index is 10.7. The summed E-state index contributed by atoms with van der Waals surface area (Å²) in [6.45, 7) is 8.39. The Labute approximate surface area is 203 Å². The molecule has 176 valence electrons. The molecule has 0 aromatic carbocycles. The van der Waals surface area contributed by atoms with E-state index in [-0.39, 0.29) is 22.4 Å². The van der Waals surface area contributed by atoms with E-state index in [1.807, 2.05) is 36.4 Å². The van der Waals surface area contributed by atoms with Crippen LogP contribution < -0.4 is 0 Å². The second-order valence-electron chi connectivity index (χ2n) is 6.95. The molecule has 0 aliphatic heterocycles. The predicted molar refractivity (Wildman–Crippen MR) is 114 cm³/mol. The molecule has 0 N–H and O–H groups in total. The molecule has 0 bridgehead atoms. The summed E-state index contributed by atoms with van der Waals surface area (Å²) in [5.41, 5.74) is 2.47. The summed E-state index contributed by atoms with van der Waals surface area (Å²) < 4.78 is 65.2. The standard InChI is InChI=1S/C18H20N2OSi2.CHF3O3S.Ag/c1-22(2,15-11-17-9-5-7-13-19-17)21-23(3,4)16-12-18-10-6-8-14-20-18;2-1(3,4)8(5,6)7;/h5-10,13-14H,1-4H3;(H,5,6,7);/q;;+1/p-1. The Hall–Kier alpha value is -1.75. The number of alkyl halides is 3. The molecule has 2 rings (SSSR count). The molecular formula is C19H20AgF3N2O4SSi2. The third-order valence-electron chi connectivity index (χ3n) is 3.11. The Balaban J connectivity index is 0.000000917. The molecule has 6 nitrogen and oxygen atoms in total. The van der Waals surface area contributed by atoms with E-state index in [0.717, 1.165) is 11.4 Å². The monoisotopic (exact) mass is 592 g/mol. The molecule has 32 heavy (non-hydrogen) atoms. The summed E-state index contributed by atoms with van der Waals surface area (Å²) in [6.07, 6.45) is 3.49. The molecule has 0 saturated carbocycles. The zero-order valence-electron chi connectivity index (χ0n) is 17.5. The molecule has 0 spiro atoms. The minimum Gasteiger partial charge on any atom is -0.741 e. The number of pyridine rings is 2. The quantitative estimate of drug-likeness (QED) is 0.230. The fraction of sp³-hybridized carbons (Fsp3) is 0.263. The smallest absolute Gasteiger partial charge is 0.741 e. The van der Waals surface area contributed by atoms with Crippen LogP contribution in [0.1, 0.15) is 11.4 Å². The minimum absolute atomic E-state index is 0. The van der Waals surface area contributed by atoms with E-state index in [4.69, 9.17) is 17.1 Å². The third-order valence-corrected chi connectivity index (χ3v) is 9.21. The second kappa shape index (κ2) is 12.5. The molecule has 0 radical (unpaired) electrons. The first kappa shape index (κ1) is 30.3. The molecule has 0 aliphatic carbocycles. The Morgan fingerprint density at radius 2 is 1.22 bits per heavy atom. The van der Waals surface area contributed by atoms with Crippen LogP contribution in [0.3, 0.4) is 0 Å². The molecule has 2 aromatic heterocycles. The normalized spacial score (nSPS) is 11.4. The first-order valence-electron chi connectivity index (χ1n) is 8.72. The van der Waals surface area contributed by atoms with E-state index in [1.165, 1.54) is 0 Å². The van der Waals surface area contributed by atoms with Crippen LogP contribution in [0.5, 0.6) is 0 Å². The van der Waals surface area contributed by atoms with Crippen molar-refractivity contribution in [1.82, 2.24) is 9.97 Å². The topological polar surface area (TPSA) is 92.2 Å². The zero-order valence-corrected chi connectivity index (χ0v) is 21.8. The summed E-state index contributed by atoms with van der Waals surface area (Å²) in [5, 5.41) is 0. The van der Waals surface area contributed by atoms with Crippen molar-refractivity contribution in [2.24, 2.45) is 0 Å². The molecule has 2 heterocycles. The van der Waals surface area contributed by atoms with Crippen LogP contribution in [0.15, 0.2) is 48.8 Å². The van der Waals surface area contributed by atoms with Gasteiger partial charge in [0.25, 0.3) is 16.6 Å². The van der Waals surface area contributed by atoms with E-state index < -0.39 is 32.3 Å². The van der Waals surface area contributed by atoms with Crippen molar-refractivity contribution in [1.29, 1.82) is 0 Å². The minimum atomic E-state index is -6.09. The van der Waals surface area contributed by atoms with E-state index in [9.17, 15) is 13.2 Å². The summed E-state index contributed by atoms with van der Waals surface area (Å²) in [5.74, 6) is 6.24. The number of nitrogens with zero attached hydrogens (tertiary/aromatic N) is 2. The van der Waals surface area contributed by atoms with Gasteiger partial charge < -0.3 is 8.67 Å². The van der Waals surface area contributed by atoms with E-state index >= 15 is 0 Å². The van der Waals surface area contributed by atoms with Crippen LogP contribution >= 0.6 is 0 Å². The summed E-state index contributed by atoms with van der Waals surface area (Å²) >= 11 is 0. The van der Waals surface area contributed by atoms with Gasteiger partial charge in [-0.15, -0.1) is 0 Å². The SMILES string of the molecule is C[Si](C)(C#Cc1ccccn1)O[Si](C)(C)C#Cc1ccccn1.O=S(=O)([O-])C(F)(F)F.[Ag+]. The van der Waals surface area contributed by atoms with Crippen LogP contribution in [0.25, 0.3) is 0 Å². The Bertz CT molecular complexity index is 1030. The van der Waals surface area contributed by atoms with Gasteiger partial charge in [-0.25, -0.2) is 18.4 Å². The van der Waals surface area contributed by atoms with Crippen LogP contribution in [0, 0.1) is 22.9 Å². The molecule has 0 saturated heterocycles. The van der Waals surface area contributed by atoms with Gasteiger partial charge in [0, 0.05) is 12.4 Å². The van der Waals surface area contributed by atoms with Gasteiger partial charge in [-0.1, -0.05) is 35.1 Å². The van der Waals surface area contributed by atoms with Gasteiger partial charge in [0.2, 0.25) is 0 Å². The Kier molecular flexibility index (Phi) is 11.8. The molecule has 0 aliphatic rings. The van der Waals surface area contributed by atoms with E-state index in [1.54, 1.807) is 12.4 Å². The average Bonchev–Trinajstić information content (AvgIpc) is 2.65. The molecule has 0 atom stereocenters. The Morgan fingerprint density at radius 1 is 0.875 bits per heavy atom. The van der Waals surface area contributed by atoms with Gasteiger partial charge in [-0.05, 0) is 50.5 Å². The van der Waals surface area contributed by atoms with E-state index in [2.05, 4.69) is 59.1 Å². The van der Waals surface area contributed by atoms with Crippen LogP contribution in [-0.2, 0) is 36.6 Å². The van der Waals surface area contributed by atoms with Crippen molar-refractivity contribution in [2.45, 2.75) is 31.7 Å². The largest absolute Gasteiger partial charge is 1.00 e. The number of hydrogen-bond acceptors (Lipinski definition) is 6. The van der Waals surface area contributed by atoms with Crippen LogP contribution in [-0.4, -0.2) is 45.1 Å². The van der Waals surface area contributed by atoms with E-state index in [0.29, 0.717) is 0 Å². The van der Waals surface area contributed by atoms with Crippen molar-refractivity contribution < 1.29 is 52.6 Å². The van der Waals surface area contributed by atoms with Crippen molar-refractivity contribution in [3.05, 3.63) is 60.2 Å². The van der Waals surface area contributed by atoms with Crippen molar-refractivity contribution in [3.63, 3.8) is 0 Å². The van der Waals surface area contributed by atoms with Gasteiger partial charge in [-0.2, -0.15) is 13.2 Å². The number of aromatic nitrogens is 2. The molecular weight excluding hydrogens is 573 g/mol. The van der Waals surface area contributed by atoms with Crippen LogP contribution in [0.4, 0.5) is 13.2 Å². The maximum Gasteiger partial charge on any atom is 1.00 e. The molecule has 2 aromatic rings. The van der Waals surface area contributed by atoms with Crippen molar-refractivity contribution in [3.8, 4) is 22.9 Å². The van der Waals surface area contributed by atoms with Gasteiger partial charge in [0.05, 0.1) is 0 Å². The van der Waals surface area contributed by atoms with Gasteiger partial charge in [0.15, 0.2) is 10.1 Å². The fourth-order valence-corrected chi connectivity index (χ4v) is 8.36. The van der Waals surface area contributed by atoms with Gasteiger partial charge >= 0.3 is 27.9 Å². The number of rotatable bonds is 2.